The van der Waals surface area contributed by atoms with E-state index in [2.05, 4.69) is 40.4 Å². The third kappa shape index (κ3) is 9.68. The second kappa shape index (κ2) is 19.4. The number of carbonyl (C=O) groups is 2. The Balaban J connectivity index is 0.970. The Kier molecular flexibility index (Phi) is 12.6. The van der Waals surface area contributed by atoms with E-state index in [0.717, 1.165) is 88.3 Å². The lowest BCUT2D eigenvalue weighted by molar-refractivity contribution is 0.248. The number of urea groups is 2. The van der Waals surface area contributed by atoms with E-state index < -0.39 is 64.0 Å². The van der Waals surface area contributed by atoms with E-state index in [1.807, 2.05) is 0 Å². The first kappa shape index (κ1) is 45.5. The van der Waals surface area contributed by atoms with Crippen LogP contribution in [0.25, 0.3) is 22.1 Å². The van der Waals surface area contributed by atoms with E-state index in [4.69, 9.17) is 21.1 Å². The number of hydrogen-bond acceptors (Lipinski definition) is 10. The van der Waals surface area contributed by atoms with Crippen LogP contribution in [0.5, 0.6) is 23.0 Å². The van der Waals surface area contributed by atoms with Crippen LogP contribution in [0.1, 0.15) is 25.7 Å². The first-order valence-corrected chi connectivity index (χ1v) is 22.4. The Bertz CT molecular complexity index is 3280. The first-order valence-electron chi connectivity index (χ1n) is 22.0. The number of amides is 4. The summed E-state index contributed by atoms with van der Waals surface area (Å²) >= 11 is 6.36. The average Bonchev–Trinajstić information content (AvgIpc) is 4.09. The molecule has 0 unspecified atom stereocenters. The van der Waals surface area contributed by atoms with Gasteiger partial charge in [0.1, 0.15) is 29.0 Å². The molecule has 8 aromatic rings. The summed E-state index contributed by atoms with van der Waals surface area (Å²) in [6.07, 6.45) is 7.39. The summed E-state index contributed by atoms with van der Waals surface area (Å²) in [5.74, 6) is -6.12. The van der Waals surface area contributed by atoms with E-state index in [9.17, 15) is 14.0 Å². The van der Waals surface area contributed by atoms with E-state index in [1.165, 1.54) is 60.7 Å². The monoisotopic (exact) mass is 972 g/mol. The molecule has 0 spiro atoms. The molecule has 0 bridgehead atoms. The van der Waals surface area contributed by atoms with Crippen LogP contribution in [0.3, 0.4) is 0 Å². The van der Waals surface area contributed by atoms with Gasteiger partial charge < -0.3 is 29.9 Å². The Morgan fingerprint density at radius 3 is 1.53 bits per heavy atom. The van der Waals surface area contributed by atoms with Gasteiger partial charge in [0.2, 0.25) is 0 Å². The maximum absolute atomic E-state index is 16.4. The van der Waals surface area contributed by atoms with Crippen LogP contribution in [0.4, 0.5) is 65.9 Å². The molecule has 4 heterocycles. The molecule has 354 valence electrons. The lowest BCUT2D eigenvalue weighted by atomic mass is 10.2. The number of nitrogens with one attached hydrogen (secondary N) is 2. The number of nitrogens with zero attached hydrogens (tertiary/aromatic N) is 8. The zero-order chi connectivity index (χ0) is 48.5. The largest absolute Gasteiger partial charge is 0.451 e. The highest BCUT2D eigenvalue weighted by molar-refractivity contribution is 6.31. The van der Waals surface area contributed by atoms with Gasteiger partial charge in [0.15, 0.2) is 34.8 Å². The van der Waals surface area contributed by atoms with Gasteiger partial charge >= 0.3 is 12.1 Å². The summed E-state index contributed by atoms with van der Waals surface area (Å²) in [6, 6.07) is 19.7. The lowest BCUT2D eigenvalue weighted by Gasteiger charge is -2.35. The van der Waals surface area contributed by atoms with Gasteiger partial charge in [-0.3, -0.25) is 9.97 Å². The molecule has 70 heavy (non-hydrogen) atoms. The van der Waals surface area contributed by atoms with Crippen molar-refractivity contribution in [3.05, 3.63) is 156 Å². The van der Waals surface area contributed by atoms with Gasteiger partial charge in [-0.25, -0.2) is 41.5 Å². The summed E-state index contributed by atoms with van der Waals surface area (Å²) in [5, 5.41) is 5.98. The maximum atomic E-state index is 16.4. The number of aromatic nitrogens is 4. The van der Waals surface area contributed by atoms with Crippen molar-refractivity contribution in [3.63, 3.8) is 0 Å². The predicted octanol–water partition coefficient (Wildman–Crippen LogP) is 12.4. The number of hydrazine groups is 1. The Morgan fingerprint density at radius 2 is 1.01 bits per heavy atom. The first-order chi connectivity index (χ1) is 33.9. The average molecular weight is 973 g/mol. The van der Waals surface area contributed by atoms with Crippen LogP contribution < -0.4 is 39.9 Å². The predicted molar refractivity (Wildman–Crippen MR) is 256 cm³/mol. The molecule has 20 heteroatoms. The summed E-state index contributed by atoms with van der Waals surface area (Å²) in [6.45, 7) is 3.29. The van der Waals surface area contributed by atoms with Crippen molar-refractivity contribution in [1.29, 1.82) is 0 Å². The summed E-state index contributed by atoms with van der Waals surface area (Å²) < 4.78 is 90.2. The zero-order valence-corrected chi connectivity index (χ0v) is 37.4. The number of halogens is 6. The molecule has 2 N–H and O–H groups in total. The highest BCUT2D eigenvalue weighted by Crippen LogP contribution is 2.37. The number of benzene rings is 6. The molecular formula is C50H38ClF5N10O4. The number of hydrogen-bond donors (Lipinski definition) is 2. The molecule has 0 radical (unpaired) electrons. The molecule has 6 aromatic carbocycles. The van der Waals surface area contributed by atoms with Gasteiger partial charge in [-0.1, -0.05) is 23.7 Å². The maximum Gasteiger partial charge on any atom is 0.345 e. The van der Waals surface area contributed by atoms with Crippen LogP contribution in [-0.4, -0.2) is 58.2 Å². The third-order valence-corrected chi connectivity index (χ3v) is 11.7. The molecule has 0 aliphatic carbocycles. The number of fused-ring (bicyclic) bond motifs is 2. The van der Waals surface area contributed by atoms with Crippen molar-refractivity contribution in [2.75, 3.05) is 56.6 Å². The lowest BCUT2D eigenvalue weighted by Crippen LogP contribution is -2.54. The van der Waals surface area contributed by atoms with E-state index in [0.29, 0.717) is 43.7 Å². The van der Waals surface area contributed by atoms with E-state index in [-0.39, 0.29) is 27.9 Å². The van der Waals surface area contributed by atoms with Crippen molar-refractivity contribution in [2.24, 2.45) is 0 Å². The molecule has 2 aliphatic heterocycles. The zero-order valence-electron chi connectivity index (χ0n) is 36.7. The summed E-state index contributed by atoms with van der Waals surface area (Å²) in [7, 11) is 0. The summed E-state index contributed by atoms with van der Waals surface area (Å²) in [4.78, 5) is 51.4. The smallest absolute Gasteiger partial charge is 0.345 e. The highest BCUT2D eigenvalue weighted by Gasteiger charge is 2.33. The van der Waals surface area contributed by atoms with Crippen molar-refractivity contribution in [2.45, 2.75) is 25.7 Å². The Morgan fingerprint density at radius 1 is 0.529 bits per heavy atom. The van der Waals surface area contributed by atoms with Crippen LogP contribution >= 0.6 is 11.6 Å². The van der Waals surface area contributed by atoms with Crippen molar-refractivity contribution in [1.82, 2.24) is 19.9 Å². The van der Waals surface area contributed by atoms with Gasteiger partial charge in [0.25, 0.3) is 0 Å². The standard InChI is InChI=1S/C50H38ClF5N10O4/c51-29-7-5-10-33(19-29)65(50(68)60-32-21-37(53)47(38(54)22-32)69-35-11-13-41-43(25-35)61-45(27-57-41)63-15-1-2-16-63)66(49(67)59-31-9-6-8-30(52)20-31)34-23-39(55)48(40(56)24-34)70-36-12-14-42-44(26-36)62-46(28-58-42)64-17-3-4-18-64/h5-14,19-28H,1-4,15-18H2,(H,59,67)(H,60,68). The fraction of sp³-hybridized carbons (Fsp3) is 0.160. The second-order valence-electron chi connectivity index (χ2n) is 16.3. The van der Waals surface area contributed by atoms with Crippen LogP contribution in [0, 0.1) is 29.1 Å². The topological polar surface area (TPSA) is 141 Å². The van der Waals surface area contributed by atoms with Crippen LogP contribution in [0.15, 0.2) is 122 Å². The van der Waals surface area contributed by atoms with Crippen molar-refractivity contribution in [3.8, 4) is 23.0 Å². The fourth-order valence-corrected chi connectivity index (χ4v) is 8.38. The minimum absolute atomic E-state index is 0.0144. The van der Waals surface area contributed by atoms with Gasteiger partial charge in [-0.2, -0.15) is 10.0 Å². The second-order valence-corrected chi connectivity index (χ2v) is 16.8. The summed E-state index contributed by atoms with van der Waals surface area (Å²) in [5.41, 5.74) is 0.568. The van der Waals surface area contributed by atoms with Gasteiger partial charge in [0.05, 0.1) is 45.8 Å². The molecule has 2 fully saturated rings. The molecule has 2 aliphatic rings. The molecular weight excluding hydrogens is 935 g/mol. The molecule has 10 rings (SSSR count). The number of carbonyl (C=O) groups excluding carboxylic acids is 2. The normalized spacial score (nSPS) is 13.5. The molecule has 0 atom stereocenters. The Labute approximate surface area is 400 Å². The molecule has 14 nitrogen and oxygen atoms in total. The fourth-order valence-electron chi connectivity index (χ4n) is 8.19. The Hall–Kier alpha value is -8.32. The minimum atomic E-state index is -1.31. The quantitative estimate of drug-likeness (QED) is 0.100. The number of rotatable bonds is 10. The SMILES string of the molecule is O=C(Nc1cc(F)c(Oc2ccc3ncc(N4CCCC4)nc3c2)c(F)c1)N(c1cccc(Cl)c1)N(C(=O)Nc1cccc(F)c1)c1cc(F)c(Oc2ccc3ncc(N4CCCC4)nc3c2)c(F)c1. The number of ether oxygens (including phenoxy) is 2. The third-order valence-electron chi connectivity index (χ3n) is 11.5. The van der Waals surface area contributed by atoms with E-state index in [1.54, 1.807) is 24.5 Å². The van der Waals surface area contributed by atoms with Crippen LogP contribution in [0.2, 0.25) is 5.02 Å². The van der Waals surface area contributed by atoms with Gasteiger partial charge in [0, 0.05) is 79.0 Å². The van der Waals surface area contributed by atoms with Crippen molar-refractivity contribution >= 4 is 80.1 Å². The van der Waals surface area contributed by atoms with Gasteiger partial charge in [-0.15, -0.1) is 0 Å². The highest BCUT2D eigenvalue weighted by atomic mass is 35.5. The van der Waals surface area contributed by atoms with Crippen molar-refractivity contribution < 1.29 is 41.0 Å². The number of anilines is 6. The molecule has 0 saturated carbocycles. The van der Waals surface area contributed by atoms with Gasteiger partial charge in [-0.05, 0) is 86.3 Å². The van der Waals surface area contributed by atoms with Crippen LogP contribution in [-0.2, 0) is 0 Å². The minimum Gasteiger partial charge on any atom is -0.451 e. The molecule has 2 aromatic heterocycles. The van der Waals surface area contributed by atoms with E-state index >= 15 is 17.6 Å². The molecule has 4 amide bonds. The molecule has 2 saturated heterocycles.